The van der Waals surface area contributed by atoms with Crippen molar-refractivity contribution in [2.75, 3.05) is 5.32 Å². The number of rotatable bonds is 3. The summed E-state index contributed by atoms with van der Waals surface area (Å²) in [6.45, 7) is 4.22. The molecule has 20 heavy (non-hydrogen) atoms. The summed E-state index contributed by atoms with van der Waals surface area (Å²) in [5.41, 5.74) is 1.69. The average Bonchev–Trinajstić information content (AvgIpc) is 3.00. The van der Waals surface area contributed by atoms with Crippen molar-refractivity contribution < 1.29 is 4.79 Å². The van der Waals surface area contributed by atoms with Gasteiger partial charge in [0.25, 0.3) is 5.91 Å². The van der Waals surface area contributed by atoms with Crippen molar-refractivity contribution in [3.05, 3.63) is 52.2 Å². The van der Waals surface area contributed by atoms with Crippen LogP contribution in [0.3, 0.4) is 0 Å². The van der Waals surface area contributed by atoms with Gasteiger partial charge in [0.15, 0.2) is 0 Å². The van der Waals surface area contributed by atoms with Crippen LogP contribution in [-0.4, -0.2) is 16.8 Å². The van der Waals surface area contributed by atoms with E-state index in [1.165, 1.54) is 4.88 Å². The van der Waals surface area contributed by atoms with Crippen LogP contribution in [0, 0.1) is 0 Å². The van der Waals surface area contributed by atoms with Crippen LogP contribution in [0.4, 0.5) is 5.69 Å². The molecule has 0 radical (unpaired) electrons. The maximum absolute atomic E-state index is 12.8. The minimum absolute atomic E-state index is 0.0626. The second kappa shape index (κ2) is 5.29. The molecule has 0 fully saturated rings. The first-order valence-electron chi connectivity index (χ1n) is 6.94. The fraction of sp³-hybridized carbons (Fsp3) is 0.312. The van der Waals surface area contributed by atoms with Gasteiger partial charge in [-0.15, -0.1) is 11.3 Å². The number of fused-ring (bicyclic) bond motifs is 1. The molecule has 2 atom stereocenters. The van der Waals surface area contributed by atoms with Gasteiger partial charge in [-0.2, -0.15) is 0 Å². The summed E-state index contributed by atoms with van der Waals surface area (Å²) >= 11 is 1.68. The van der Waals surface area contributed by atoms with E-state index < -0.39 is 0 Å². The molecule has 1 aromatic carbocycles. The molecule has 2 aromatic rings. The van der Waals surface area contributed by atoms with E-state index in [0.29, 0.717) is 0 Å². The summed E-state index contributed by atoms with van der Waals surface area (Å²) in [5.74, 6) is 0.118. The van der Waals surface area contributed by atoms with E-state index in [2.05, 4.69) is 30.6 Å². The van der Waals surface area contributed by atoms with Gasteiger partial charge in [-0.3, -0.25) is 4.79 Å². The summed E-state index contributed by atoms with van der Waals surface area (Å²) in [6, 6.07) is 12.1. The highest BCUT2D eigenvalue weighted by Crippen LogP contribution is 2.36. The van der Waals surface area contributed by atoms with Crippen molar-refractivity contribution in [2.45, 2.75) is 32.5 Å². The minimum atomic E-state index is -0.0626. The first-order valence-corrected chi connectivity index (χ1v) is 7.82. The fourth-order valence-electron chi connectivity index (χ4n) is 2.58. The van der Waals surface area contributed by atoms with Crippen LogP contribution >= 0.6 is 11.3 Å². The lowest BCUT2D eigenvalue weighted by atomic mass is 10.0. The van der Waals surface area contributed by atoms with Crippen molar-refractivity contribution in [1.29, 1.82) is 0 Å². The number of nitrogens with zero attached hydrogens (tertiary/aromatic N) is 1. The Morgan fingerprint density at radius 3 is 2.80 bits per heavy atom. The molecule has 1 aliphatic heterocycles. The van der Waals surface area contributed by atoms with E-state index in [1.807, 2.05) is 35.2 Å². The summed E-state index contributed by atoms with van der Waals surface area (Å²) < 4.78 is 0. The van der Waals surface area contributed by atoms with Crippen LogP contribution in [-0.2, 0) is 0 Å². The molecule has 0 saturated heterocycles. The third-order valence-electron chi connectivity index (χ3n) is 3.84. The van der Waals surface area contributed by atoms with E-state index in [4.69, 9.17) is 0 Å². The van der Waals surface area contributed by atoms with Crippen molar-refractivity contribution in [3.63, 3.8) is 0 Å². The molecule has 0 spiro atoms. The fourth-order valence-corrected chi connectivity index (χ4v) is 3.35. The Morgan fingerprint density at radius 2 is 2.10 bits per heavy atom. The molecule has 0 unspecified atom stereocenters. The Hall–Kier alpha value is -1.81. The predicted octanol–water partition coefficient (Wildman–Crippen LogP) is 4.11. The molecule has 1 aromatic heterocycles. The summed E-state index contributed by atoms with van der Waals surface area (Å²) in [6.07, 6.45) is 0.879. The number of hydrogen-bond donors (Lipinski definition) is 1. The number of carbonyl (C=O) groups is 1. The molecule has 1 aliphatic rings. The lowest BCUT2D eigenvalue weighted by Gasteiger charge is -2.40. The van der Waals surface area contributed by atoms with E-state index in [9.17, 15) is 4.79 Å². The zero-order chi connectivity index (χ0) is 14.1. The predicted molar refractivity (Wildman–Crippen MR) is 83.0 cm³/mol. The molecule has 0 saturated carbocycles. The molecular weight excluding hydrogens is 268 g/mol. The third-order valence-corrected chi connectivity index (χ3v) is 4.77. The lowest BCUT2D eigenvalue weighted by Crippen LogP contribution is -2.47. The summed E-state index contributed by atoms with van der Waals surface area (Å²) in [7, 11) is 0. The first kappa shape index (κ1) is 13.2. The maximum Gasteiger partial charge on any atom is 0.258 e. The third kappa shape index (κ3) is 2.10. The highest BCUT2D eigenvalue weighted by molar-refractivity contribution is 7.10. The van der Waals surface area contributed by atoms with Gasteiger partial charge in [-0.05, 0) is 36.9 Å². The van der Waals surface area contributed by atoms with Crippen molar-refractivity contribution >= 4 is 22.9 Å². The molecule has 3 rings (SSSR count). The minimum Gasteiger partial charge on any atom is -0.360 e. The van der Waals surface area contributed by atoms with Crippen LogP contribution in [0.5, 0.6) is 0 Å². The summed E-state index contributed by atoms with van der Waals surface area (Å²) in [5, 5.41) is 5.56. The van der Waals surface area contributed by atoms with Crippen molar-refractivity contribution in [3.8, 4) is 0 Å². The molecule has 0 bridgehead atoms. The molecule has 4 heteroatoms. The molecule has 0 aliphatic carbocycles. The normalized spacial score (nSPS) is 19.4. The molecule has 2 heterocycles. The Kier molecular flexibility index (Phi) is 3.49. The smallest absolute Gasteiger partial charge is 0.258 e. The highest BCUT2D eigenvalue weighted by atomic mass is 32.1. The monoisotopic (exact) mass is 286 g/mol. The second-order valence-electron chi connectivity index (χ2n) is 5.08. The Labute approximate surface area is 123 Å². The topological polar surface area (TPSA) is 32.3 Å². The average molecular weight is 286 g/mol. The summed E-state index contributed by atoms with van der Waals surface area (Å²) in [4.78, 5) is 16.0. The van der Waals surface area contributed by atoms with Crippen LogP contribution in [0.25, 0.3) is 0 Å². The number of para-hydroxylation sites is 1. The zero-order valence-corrected chi connectivity index (χ0v) is 12.5. The van der Waals surface area contributed by atoms with E-state index >= 15 is 0 Å². The lowest BCUT2D eigenvalue weighted by molar-refractivity contribution is 0.0597. The largest absolute Gasteiger partial charge is 0.360 e. The first-order chi connectivity index (χ1) is 9.72. The van der Waals surface area contributed by atoms with Gasteiger partial charge < -0.3 is 10.2 Å². The maximum atomic E-state index is 12.8. The molecule has 104 valence electrons. The number of nitrogens with one attached hydrogen (secondary N) is 1. The van der Waals surface area contributed by atoms with E-state index in [-0.39, 0.29) is 18.1 Å². The Bertz CT molecular complexity index is 609. The van der Waals surface area contributed by atoms with Gasteiger partial charge in [0.1, 0.15) is 6.17 Å². The van der Waals surface area contributed by atoms with E-state index in [1.54, 1.807) is 11.3 Å². The molecular formula is C16H18N2OS. The Morgan fingerprint density at radius 1 is 1.30 bits per heavy atom. The van der Waals surface area contributed by atoms with Gasteiger partial charge in [-0.25, -0.2) is 0 Å². The van der Waals surface area contributed by atoms with Gasteiger partial charge in [0.2, 0.25) is 0 Å². The number of amides is 1. The number of benzene rings is 1. The highest BCUT2D eigenvalue weighted by Gasteiger charge is 2.35. The van der Waals surface area contributed by atoms with E-state index in [0.717, 1.165) is 17.7 Å². The van der Waals surface area contributed by atoms with Crippen LogP contribution in [0.2, 0.25) is 0 Å². The Balaban J connectivity index is 2.07. The van der Waals surface area contributed by atoms with Gasteiger partial charge >= 0.3 is 0 Å². The number of thiophene rings is 1. The molecule has 1 N–H and O–H groups in total. The standard InChI is InChI=1S/C16H18N2OS/c1-3-11(2)18-15(14-9-6-10-20-14)17-13-8-5-4-7-12(13)16(18)19/h4-11,15,17H,3H2,1-2H3/t11-,15+/m0/s1. The quantitative estimate of drug-likeness (QED) is 0.920. The van der Waals surface area contributed by atoms with Crippen LogP contribution in [0.1, 0.15) is 41.7 Å². The molecule has 3 nitrogen and oxygen atoms in total. The number of hydrogen-bond acceptors (Lipinski definition) is 3. The molecule has 1 amide bonds. The van der Waals surface area contributed by atoms with Crippen LogP contribution < -0.4 is 5.32 Å². The van der Waals surface area contributed by atoms with Gasteiger partial charge in [-0.1, -0.05) is 25.1 Å². The second-order valence-corrected chi connectivity index (χ2v) is 6.06. The van der Waals surface area contributed by atoms with Crippen molar-refractivity contribution in [1.82, 2.24) is 4.90 Å². The number of anilines is 1. The van der Waals surface area contributed by atoms with Crippen LogP contribution in [0.15, 0.2) is 41.8 Å². The van der Waals surface area contributed by atoms with Gasteiger partial charge in [0, 0.05) is 16.6 Å². The van der Waals surface area contributed by atoms with Gasteiger partial charge in [0.05, 0.1) is 5.56 Å². The zero-order valence-electron chi connectivity index (χ0n) is 11.7. The number of carbonyl (C=O) groups excluding carboxylic acids is 1. The SMILES string of the molecule is CC[C@H](C)N1C(=O)c2ccccc2N[C@H]1c1cccs1. The van der Waals surface area contributed by atoms with Crippen molar-refractivity contribution in [2.24, 2.45) is 0 Å².